The summed E-state index contributed by atoms with van der Waals surface area (Å²) in [5.41, 5.74) is 1.26. The number of amides is 1. The van der Waals surface area contributed by atoms with Gasteiger partial charge in [-0.1, -0.05) is 30.3 Å². The molecule has 1 heterocycles. The minimum atomic E-state index is -0.100. The van der Waals surface area contributed by atoms with Gasteiger partial charge in [-0.2, -0.15) is 0 Å². The van der Waals surface area contributed by atoms with Gasteiger partial charge in [-0.25, -0.2) is 0 Å². The monoisotopic (exact) mass is 266 g/mol. The second-order valence-electron chi connectivity index (χ2n) is 4.61. The highest BCUT2D eigenvalue weighted by Gasteiger charge is 2.23. The van der Waals surface area contributed by atoms with Crippen LogP contribution in [0.1, 0.15) is 24.4 Å². The second kappa shape index (κ2) is 6.76. The molecule has 4 heteroatoms. The Morgan fingerprint density at radius 1 is 1.28 bits per heavy atom. The van der Waals surface area contributed by atoms with Crippen LogP contribution in [0.2, 0.25) is 0 Å². The van der Waals surface area contributed by atoms with Crippen molar-refractivity contribution in [3.63, 3.8) is 0 Å². The van der Waals surface area contributed by atoms with Crippen molar-refractivity contribution >= 4 is 17.5 Å². The molecule has 1 amide bonds. The van der Waals surface area contributed by atoms with Gasteiger partial charge in [0.15, 0.2) is 0 Å². The third kappa shape index (κ3) is 3.47. The standard InChI is InChI=1S/C14H19ClN2O/c15-10-14(18)16-11-13(17-8-4-5-9-17)12-6-2-1-3-7-12/h1-3,6-7,13H,4-5,8-11H2,(H,16,18). The first kappa shape index (κ1) is 13.4. The molecule has 0 saturated carbocycles. The van der Waals surface area contributed by atoms with E-state index in [-0.39, 0.29) is 17.8 Å². The Morgan fingerprint density at radius 2 is 1.94 bits per heavy atom. The fraction of sp³-hybridized carbons (Fsp3) is 0.500. The van der Waals surface area contributed by atoms with Crippen LogP contribution >= 0.6 is 11.6 Å². The van der Waals surface area contributed by atoms with E-state index in [1.807, 2.05) is 18.2 Å². The number of benzene rings is 1. The number of halogens is 1. The molecule has 1 aliphatic rings. The van der Waals surface area contributed by atoms with E-state index in [9.17, 15) is 4.79 Å². The van der Waals surface area contributed by atoms with Crippen LogP contribution in [0.25, 0.3) is 0 Å². The number of rotatable bonds is 5. The van der Waals surface area contributed by atoms with Gasteiger partial charge >= 0.3 is 0 Å². The van der Waals surface area contributed by atoms with E-state index in [0.29, 0.717) is 6.54 Å². The normalized spacial score (nSPS) is 17.6. The van der Waals surface area contributed by atoms with Gasteiger partial charge in [0.1, 0.15) is 5.88 Å². The molecule has 18 heavy (non-hydrogen) atoms. The summed E-state index contributed by atoms with van der Waals surface area (Å²) in [6.45, 7) is 2.85. The molecule has 1 atom stereocenters. The highest BCUT2D eigenvalue weighted by Crippen LogP contribution is 2.24. The van der Waals surface area contributed by atoms with E-state index in [2.05, 4.69) is 22.3 Å². The average Bonchev–Trinajstić information content (AvgIpc) is 2.94. The van der Waals surface area contributed by atoms with Crippen molar-refractivity contribution < 1.29 is 4.79 Å². The average molecular weight is 267 g/mol. The zero-order chi connectivity index (χ0) is 12.8. The van der Waals surface area contributed by atoms with Crippen LogP contribution in [0.3, 0.4) is 0 Å². The zero-order valence-corrected chi connectivity index (χ0v) is 11.2. The van der Waals surface area contributed by atoms with Crippen LogP contribution in [0.5, 0.6) is 0 Å². The third-order valence-electron chi connectivity index (χ3n) is 3.38. The maximum absolute atomic E-state index is 11.3. The number of hydrogen-bond donors (Lipinski definition) is 1. The Hall–Kier alpha value is -1.06. The predicted molar refractivity (Wildman–Crippen MR) is 73.7 cm³/mol. The zero-order valence-electron chi connectivity index (χ0n) is 10.4. The molecule has 1 unspecified atom stereocenters. The summed E-state index contributed by atoms with van der Waals surface area (Å²) in [4.78, 5) is 13.7. The van der Waals surface area contributed by atoms with E-state index >= 15 is 0 Å². The van der Waals surface area contributed by atoms with Crippen LogP contribution in [-0.4, -0.2) is 36.3 Å². The largest absolute Gasteiger partial charge is 0.353 e. The maximum Gasteiger partial charge on any atom is 0.234 e. The minimum absolute atomic E-state index is 0.0293. The van der Waals surface area contributed by atoms with Crippen molar-refractivity contribution in [2.45, 2.75) is 18.9 Å². The van der Waals surface area contributed by atoms with Gasteiger partial charge in [-0.05, 0) is 31.5 Å². The summed E-state index contributed by atoms with van der Waals surface area (Å²) >= 11 is 5.52. The quantitative estimate of drug-likeness (QED) is 0.829. The van der Waals surface area contributed by atoms with E-state index in [1.54, 1.807) is 0 Å². The van der Waals surface area contributed by atoms with Crippen LogP contribution < -0.4 is 5.32 Å². The predicted octanol–water partition coefficient (Wildman–Crippen LogP) is 2.18. The molecule has 1 aliphatic heterocycles. The topological polar surface area (TPSA) is 32.3 Å². The first-order valence-corrected chi connectivity index (χ1v) is 6.96. The van der Waals surface area contributed by atoms with E-state index in [1.165, 1.54) is 18.4 Å². The molecule has 1 aromatic rings. The summed E-state index contributed by atoms with van der Waals surface area (Å²) in [7, 11) is 0. The number of carbonyl (C=O) groups is 1. The van der Waals surface area contributed by atoms with Crippen LogP contribution in [0.15, 0.2) is 30.3 Å². The molecule has 0 bridgehead atoms. The second-order valence-corrected chi connectivity index (χ2v) is 4.87. The van der Waals surface area contributed by atoms with E-state index < -0.39 is 0 Å². The number of likely N-dealkylation sites (tertiary alicyclic amines) is 1. The highest BCUT2D eigenvalue weighted by molar-refractivity contribution is 6.27. The summed E-state index contributed by atoms with van der Waals surface area (Å²) in [6, 6.07) is 10.6. The van der Waals surface area contributed by atoms with Gasteiger partial charge < -0.3 is 5.32 Å². The molecule has 1 saturated heterocycles. The summed E-state index contributed by atoms with van der Waals surface area (Å²) < 4.78 is 0. The lowest BCUT2D eigenvalue weighted by Crippen LogP contribution is -2.37. The van der Waals surface area contributed by atoms with Crippen molar-refractivity contribution in [3.8, 4) is 0 Å². The van der Waals surface area contributed by atoms with Crippen LogP contribution in [0, 0.1) is 0 Å². The Bertz CT molecular complexity index is 377. The Labute approximate surface area is 113 Å². The van der Waals surface area contributed by atoms with Crippen LogP contribution in [-0.2, 0) is 4.79 Å². The van der Waals surface area contributed by atoms with E-state index in [0.717, 1.165) is 13.1 Å². The number of nitrogens with one attached hydrogen (secondary N) is 1. The van der Waals surface area contributed by atoms with Crippen LogP contribution in [0.4, 0.5) is 0 Å². The minimum Gasteiger partial charge on any atom is -0.353 e. The SMILES string of the molecule is O=C(CCl)NCC(c1ccccc1)N1CCCC1. The fourth-order valence-electron chi connectivity index (χ4n) is 2.44. The maximum atomic E-state index is 11.3. The van der Waals surface area contributed by atoms with Gasteiger partial charge in [0.2, 0.25) is 5.91 Å². The van der Waals surface area contributed by atoms with Crippen molar-refractivity contribution in [2.75, 3.05) is 25.5 Å². The molecule has 1 aromatic carbocycles. The number of nitrogens with zero attached hydrogens (tertiary/aromatic N) is 1. The first-order chi connectivity index (χ1) is 8.81. The summed E-state index contributed by atoms with van der Waals surface area (Å²) in [5.74, 6) is -0.0709. The molecule has 0 radical (unpaired) electrons. The summed E-state index contributed by atoms with van der Waals surface area (Å²) in [6.07, 6.45) is 2.49. The molecular formula is C14H19ClN2O. The lowest BCUT2D eigenvalue weighted by molar-refractivity contribution is -0.118. The van der Waals surface area contributed by atoms with E-state index in [4.69, 9.17) is 11.6 Å². The fourth-order valence-corrected chi connectivity index (χ4v) is 2.54. The third-order valence-corrected chi connectivity index (χ3v) is 3.62. The van der Waals surface area contributed by atoms with Gasteiger partial charge in [0.25, 0.3) is 0 Å². The number of hydrogen-bond acceptors (Lipinski definition) is 2. The Morgan fingerprint density at radius 3 is 2.56 bits per heavy atom. The van der Waals surface area contributed by atoms with Gasteiger partial charge in [0, 0.05) is 6.54 Å². The molecule has 0 aromatic heterocycles. The molecule has 3 nitrogen and oxygen atoms in total. The Balaban J connectivity index is 2.05. The first-order valence-electron chi connectivity index (χ1n) is 6.43. The Kier molecular flexibility index (Phi) is 5.02. The molecule has 2 rings (SSSR count). The lowest BCUT2D eigenvalue weighted by Gasteiger charge is -2.28. The highest BCUT2D eigenvalue weighted by atomic mass is 35.5. The van der Waals surface area contributed by atoms with Crippen molar-refractivity contribution in [3.05, 3.63) is 35.9 Å². The molecule has 98 valence electrons. The molecule has 0 spiro atoms. The molecule has 0 aliphatic carbocycles. The van der Waals surface area contributed by atoms with Crippen molar-refractivity contribution in [1.82, 2.24) is 10.2 Å². The van der Waals surface area contributed by atoms with Crippen molar-refractivity contribution in [2.24, 2.45) is 0 Å². The lowest BCUT2D eigenvalue weighted by atomic mass is 10.1. The van der Waals surface area contributed by atoms with Gasteiger partial charge in [-0.15, -0.1) is 11.6 Å². The summed E-state index contributed by atoms with van der Waals surface area (Å²) in [5, 5.41) is 2.90. The number of alkyl halides is 1. The smallest absolute Gasteiger partial charge is 0.234 e. The van der Waals surface area contributed by atoms with Gasteiger partial charge in [0.05, 0.1) is 6.04 Å². The number of carbonyl (C=O) groups excluding carboxylic acids is 1. The van der Waals surface area contributed by atoms with Crippen molar-refractivity contribution in [1.29, 1.82) is 0 Å². The molecule has 1 fully saturated rings. The van der Waals surface area contributed by atoms with Gasteiger partial charge in [-0.3, -0.25) is 9.69 Å². The molecule has 1 N–H and O–H groups in total. The molecular weight excluding hydrogens is 248 g/mol.